The predicted molar refractivity (Wildman–Crippen MR) is 74.6 cm³/mol. The monoisotopic (exact) mass is 277 g/mol. The second-order valence-electron chi connectivity index (χ2n) is 4.96. The van der Waals surface area contributed by atoms with Gasteiger partial charge in [0.1, 0.15) is 0 Å². The standard InChI is InChI=1S/C14H19N3O3/c1-16-7-6-10(8-13(16)18)14(19)17(2)11-4-5-12(20-3)15-9-11/h4-5,9-10H,6-8H2,1-3H3. The number of carbonyl (C=O) groups is 2. The van der Waals surface area contributed by atoms with E-state index in [2.05, 4.69) is 4.98 Å². The Kier molecular flexibility index (Phi) is 4.22. The Labute approximate surface area is 118 Å². The largest absolute Gasteiger partial charge is 0.481 e. The van der Waals surface area contributed by atoms with Crippen LogP contribution in [0.3, 0.4) is 0 Å². The summed E-state index contributed by atoms with van der Waals surface area (Å²) in [6.07, 6.45) is 2.58. The minimum Gasteiger partial charge on any atom is -0.481 e. The zero-order valence-electron chi connectivity index (χ0n) is 12.0. The number of amides is 2. The molecule has 108 valence electrons. The maximum absolute atomic E-state index is 12.4. The minimum absolute atomic E-state index is 0.0239. The van der Waals surface area contributed by atoms with Crippen LogP contribution in [0.2, 0.25) is 0 Å². The molecule has 6 nitrogen and oxygen atoms in total. The van der Waals surface area contributed by atoms with Crippen molar-refractivity contribution in [2.24, 2.45) is 5.92 Å². The Morgan fingerprint density at radius 1 is 1.50 bits per heavy atom. The molecule has 2 heterocycles. The van der Waals surface area contributed by atoms with Gasteiger partial charge in [-0.3, -0.25) is 9.59 Å². The summed E-state index contributed by atoms with van der Waals surface area (Å²) in [6.45, 7) is 0.629. The second kappa shape index (κ2) is 5.90. The molecular weight excluding hydrogens is 258 g/mol. The van der Waals surface area contributed by atoms with Crippen LogP contribution < -0.4 is 9.64 Å². The number of carbonyl (C=O) groups excluding carboxylic acids is 2. The van der Waals surface area contributed by atoms with Crippen LogP contribution in [0, 0.1) is 5.92 Å². The first-order chi connectivity index (χ1) is 9.52. The third kappa shape index (κ3) is 2.89. The van der Waals surface area contributed by atoms with E-state index in [9.17, 15) is 9.59 Å². The third-order valence-corrected chi connectivity index (χ3v) is 3.66. The number of likely N-dealkylation sites (tertiary alicyclic amines) is 1. The molecule has 0 saturated carbocycles. The van der Waals surface area contributed by atoms with Crippen LogP contribution in [-0.4, -0.2) is 49.4 Å². The van der Waals surface area contributed by atoms with Crippen molar-refractivity contribution in [3.63, 3.8) is 0 Å². The molecule has 6 heteroatoms. The molecule has 1 aromatic heterocycles. The highest BCUT2D eigenvalue weighted by molar-refractivity contribution is 5.97. The quantitative estimate of drug-likeness (QED) is 0.824. The molecule has 0 radical (unpaired) electrons. The first-order valence-corrected chi connectivity index (χ1v) is 6.54. The number of hydrogen-bond acceptors (Lipinski definition) is 4. The molecule has 1 atom stereocenters. The van der Waals surface area contributed by atoms with E-state index in [1.54, 1.807) is 49.3 Å². The Hall–Kier alpha value is -2.11. The van der Waals surface area contributed by atoms with Gasteiger partial charge in [0.2, 0.25) is 17.7 Å². The molecule has 1 aliphatic heterocycles. The van der Waals surface area contributed by atoms with E-state index in [1.807, 2.05) is 0 Å². The number of ether oxygens (including phenoxy) is 1. The van der Waals surface area contributed by atoms with Gasteiger partial charge in [-0.2, -0.15) is 0 Å². The summed E-state index contributed by atoms with van der Waals surface area (Å²) in [5.41, 5.74) is 0.696. The number of piperidine rings is 1. The Bertz CT molecular complexity index is 501. The van der Waals surface area contributed by atoms with E-state index < -0.39 is 0 Å². The number of aromatic nitrogens is 1. The first-order valence-electron chi connectivity index (χ1n) is 6.54. The number of rotatable bonds is 3. The van der Waals surface area contributed by atoms with Gasteiger partial charge in [-0.1, -0.05) is 0 Å². The van der Waals surface area contributed by atoms with E-state index in [0.29, 0.717) is 24.5 Å². The van der Waals surface area contributed by atoms with Crippen molar-refractivity contribution in [2.45, 2.75) is 12.8 Å². The van der Waals surface area contributed by atoms with Crippen LogP contribution in [0.5, 0.6) is 5.88 Å². The van der Waals surface area contributed by atoms with E-state index >= 15 is 0 Å². The van der Waals surface area contributed by atoms with Gasteiger partial charge >= 0.3 is 0 Å². The summed E-state index contributed by atoms with van der Waals surface area (Å²) in [5.74, 6) is 0.240. The lowest BCUT2D eigenvalue weighted by Crippen LogP contribution is -2.42. The molecule has 2 rings (SSSR count). The highest BCUT2D eigenvalue weighted by Crippen LogP contribution is 2.23. The maximum atomic E-state index is 12.4. The van der Waals surface area contributed by atoms with Crippen LogP contribution in [0.4, 0.5) is 5.69 Å². The summed E-state index contributed by atoms with van der Waals surface area (Å²) in [4.78, 5) is 31.4. The van der Waals surface area contributed by atoms with Crippen LogP contribution in [0.1, 0.15) is 12.8 Å². The summed E-state index contributed by atoms with van der Waals surface area (Å²) < 4.78 is 4.99. The van der Waals surface area contributed by atoms with Crippen LogP contribution in [0.25, 0.3) is 0 Å². The molecule has 1 saturated heterocycles. The van der Waals surface area contributed by atoms with Crippen molar-refractivity contribution in [1.29, 1.82) is 0 Å². The van der Waals surface area contributed by atoms with E-state index in [4.69, 9.17) is 4.74 Å². The number of pyridine rings is 1. The third-order valence-electron chi connectivity index (χ3n) is 3.66. The molecule has 0 spiro atoms. The lowest BCUT2D eigenvalue weighted by Gasteiger charge is -2.30. The summed E-state index contributed by atoms with van der Waals surface area (Å²) >= 11 is 0. The Balaban J connectivity index is 2.06. The minimum atomic E-state index is -0.245. The number of anilines is 1. The van der Waals surface area contributed by atoms with Gasteiger partial charge in [-0.15, -0.1) is 0 Å². The molecule has 0 aliphatic carbocycles. The Morgan fingerprint density at radius 2 is 2.25 bits per heavy atom. The average Bonchev–Trinajstić information content (AvgIpc) is 2.48. The number of hydrogen-bond donors (Lipinski definition) is 0. The lowest BCUT2D eigenvalue weighted by atomic mass is 9.95. The van der Waals surface area contributed by atoms with Crippen molar-refractivity contribution in [2.75, 3.05) is 32.6 Å². The van der Waals surface area contributed by atoms with Gasteiger partial charge in [0.15, 0.2) is 0 Å². The van der Waals surface area contributed by atoms with Gasteiger partial charge in [0.05, 0.1) is 19.0 Å². The molecular formula is C14H19N3O3. The van der Waals surface area contributed by atoms with E-state index in [-0.39, 0.29) is 24.2 Å². The van der Waals surface area contributed by atoms with Gasteiger partial charge in [-0.25, -0.2) is 4.98 Å². The fourth-order valence-electron chi connectivity index (χ4n) is 2.25. The maximum Gasteiger partial charge on any atom is 0.230 e. The van der Waals surface area contributed by atoms with E-state index in [1.165, 1.54) is 0 Å². The molecule has 0 aromatic carbocycles. The highest BCUT2D eigenvalue weighted by atomic mass is 16.5. The van der Waals surface area contributed by atoms with Gasteiger partial charge < -0.3 is 14.5 Å². The molecule has 0 N–H and O–H groups in total. The SMILES string of the molecule is COc1ccc(N(C)C(=O)C2CCN(C)C(=O)C2)cn1. The smallest absolute Gasteiger partial charge is 0.230 e. The fraction of sp³-hybridized carbons (Fsp3) is 0.500. The summed E-state index contributed by atoms with van der Waals surface area (Å²) in [5, 5.41) is 0. The fourth-order valence-corrected chi connectivity index (χ4v) is 2.25. The van der Waals surface area contributed by atoms with E-state index in [0.717, 1.165) is 0 Å². The Morgan fingerprint density at radius 3 is 2.80 bits per heavy atom. The zero-order valence-corrected chi connectivity index (χ0v) is 12.0. The molecule has 2 amide bonds. The van der Waals surface area contributed by atoms with Crippen molar-refractivity contribution in [3.8, 4) is 5.88 Å². The lowest BCUT2D eigenvalue weighted by molar-refractivity contribution is -0.138. The van der Waals surface area contributed by atoms with Crippen molar-refractivity contribution in [3.05, 3.63) is 18.3 Å². The normalized spacial score (nSPS) is 18.9. The van der Waals surface area contributed by atoms with Crippen LogP contribution in [0.15, 0.2) is 18.3 Å². The van der Waals surface area contributed by atoms with Gasteiger partial charge in [0, 0.05) is 39.0 Å². The van der Waals surface area contributed by atoms with Crippen molar-refractivity contribution >= 4 is 17.5 Å². The molecule has 20 heavy (non-hydrogen) atoms. The molecule has 0 bridgehead atoms. The van der Waals surface area contributed by atoms with Gasteiger partial charge in [0.25, 0.3) is 0 Å². The predicted octanol–water partition coefficient (Wildman–Crippen LogP) is 0.921. The molecule has 1 aliphatic rings. The van der Waals surface area contributed by atoms with Crippen molar-refractivity contribution < 1.29 is 14.3 Å². The highest BCUT2D eigenvalue weighted by Gasteiger charge is 2.30. The average molecular weight is 277 g/mol. The van der Waals surface area contributed by atoms with Crippen LogP contribution >= 0.6 is 0 Å². The number of methoxy groups -OCH3 is 1. The number of nitrogens with zero attached hydrogens (tertiary/aromatic N) is 3. The van der Waals surface area contributed by atoms with Crippen molar-refractivity contribution in [1.82, 2.24) is 9.88 Å². The molecule has 1 unspecified atom stereocenters. The second-order valence-corrected chi connectivity index (χ2v) is 4.96. The topological polar surface area (TPSA) is 62.7 Å². The molecule has 1 aromatic rings. The summed E-state index contributed by atoms with van der Waals surface area (Å²) in [7, 11) is 5.01. The van der Waals surface area contributed by atoms with Crippen LogP contribution in [-0.2, 0) is 9.59 Å². The first kappa shape index (κ1) is 14.3. The zero-order chi connectivity index (χ0) is 14.7. The van der Waals surface area contributed by atoms with Gasteiger partial charge in [-0.05, 0) is 12.5 Å². The molecule has 1 fully saturated rings. The summed E-state index contributed by atoms with van der Waals surface area (Å²) in [6, 6.07) is 3.49.